The van der Waals surface area contributed by atoms with Gasteiger partial charge in [-0.05, 0) is 45.2 Å². The van der Waals surface area contributed by atoms with Crippen LogP contribution in [-0.4, -0.2) is 48.6 Å². The summed E-state index contributed by atoms with van der Waals surface area (Å²) in [4.78, 5) is 14.7. The smallest absolute Gasteiger partial charge is 0.237 e. The van der Waals surface area contributed by atoms with Crippen LogP contribution in [0, 0.1) is 0 Å². The zero-order valence-electron chi connectivity index (χ0n) is 10.5. The molecule has 0 spiro atoms. The molecule has 4 nitrogen and oxygen atoms in total. The molecular formula is C13H23N3O. The first-order valence-electron chi connectivity index (χ1n) is 7.12. The van der Waals surface area contributed by atoms with Crippen molar-refractivity contribution in [2.45, 2.75) is 56.7 Å². The molecule has 0 bridgehead atoms. The van der Waals surface area contributed by atoms with Crippen molar-refractivity contribution in [3.8, 4) is 0 Å². The number of amides is 1. The molecule has 3 unspecified atom stereocenters. The van der Waals surface area contributed by atoms with Gasteiger partial charge >= 0.3 is 0 Å². The van der Waals surface area contributed by atoms with Gasteiger partial charge in [0.15, 0.2) is 0 Å². The highest BCUT2D eigenvalue weighted by molar-refractivity contribution is 5.82. The van der Waals surface area contributed by atoms with E-state index < -0.39 is 0 Å². The lowest BCUT2D eigenvalue weighted by atomic mass is 10.0. The summed E-state index contributed by atoms with van der Waals surface area (Å²) in [6.45, 7) is 3.41. The Morgan fingerprint density at radius 3 is 2.88 bits per heavy atom. The zero-order valence-corrected chi connectivity index (χ0v) is 10.5. The molecule has 3 aliphatic heterocycles. The molecule has 3 rings (SSSR count). The van der Waals surface area contributed by atoms with Crippen molar-refractivity contribution in [1.29, 1.82) is 0 Å². The molecular weight excluding hydrogens is 214 g/mol. The molecule has 3 atom stereocenters. The molecule has 0 saturated carbocycles. The van der Waals surface area contributed by atoms with Gasteiger partial charge in [0, 0.05) is 18.6 Å². The summed E-state index contributed by atoms with van der Waals surface area (Å²) < 4.78 is 0. The van der Waals surface area contributed by atoms with Gasteiger partial charge in [-0.3, -0.25) is 9.69 Å². The first-order chi connectivity index (χ1) is 8.34. The summed E-state index contributed by atoms with van der Waals surface area (Å²) in [5.74, 6) is 0.239. The van der Waals surface area contributed by atoms with Gasteiger partial charge in [0.05, 0.1) is 6.04 Å². The van der Waals surface area contributed by atoms with Gasteiger partial charge in [0.25, 0.3) is 0 Å². The Kier molecular flexibility index (Phi) is 3.34. The second kappa shape index (κ2) is 4.94. The number of rotatable bonds is 2. The molecule has 3 heterocycles. The maximum atomic E-state index is 12.2. The normalized spacial score (nSPS) is 38.0. The number of carbonyl (C=O) groups is 1. The average Bonchev–Trinajstić information content (AvgIpc) is 2.95. The van der Waals surface area contributed by atoms with Gasteiger partial charge in [0.2, 0.25) is 5.91 Å². The lowest BCUT2D eigenvalue weighted by molar-refractivity contribution is -0.124. The van der Waals surface area contributed by atoms with Crippen molar-refractivity contribution in [1.82, 2.24) is 15.5 Å². The highest BCUT2D eigenvalue weighted by Gasteiger charge is 2.38. The third-order valence-electron chi connectivity index (χ3n) is 4.56. The maximum Gasteiger partial charge on any atom is 0.237 e. The fraction of sp³-hybridized carbons (Fsp3) is 0.923. The molecule has 96 valence electrons. The van der Waals surface area contributed by atoms with Crippen molar-refractivity contribution in [2.75, 3.05) is 19.6 Å². The standard InChI is InChI=1S/C13H23N3O/c17-13(11-4-1-2-7-14-11)15-10-6-9-16-8-3-5-12(10)16/h10-12,14H,1-9H2,(H,15,17). The summed E-state index contributed by atoms with van der Waals surface area (Å²) >= 11 is 0. The fourth-order valence-corrected chi connectivity index (χ4v) is 3.61. The van der Waals surface area contributed by atoms with E-state index in [1.807, 2.05) is 0 Å². The van der Waals surface area contributed by atoms with Crippen LogP contribution in [0.25, 0.3) is 0 Å². The minimum absolute atomic E-state index is 0.0687. The summed E-state index contributed by atoms with van der Waals surface area (Å²) in [7, 11) is 0. The van der Waals surface area contributed by atoms with E-state index in [9.17, 15) is 4.79 Å². The highest BCUT2D eigenvalue weighted by Crippen LogP contribution is 2.28. The second-order valence-corrected chi connectivity index (χ2v) is 5.65. The van der Waals surface area contributed by atoms with Crippen LogP contribution in [0.1, 0.15) is 38.5 Å². The molecule has 0 aromatic carbocycles. The van der Waals surface area contributed by atoms with Crippen LogP contribution in [0.2, 0.25) is 0 Å². The van der Waals surface area contributed by atoms with Crippen LogP contribution in [0.4, 0.5) is 0 Å². The largest absolute Gasteiger partial charge is 0.350 e. The van der Waals surface area contributed by atoms with E-state index in [0.29, 0.717) is 12.1 Å². The molecule has 2 N–H and O–H groups in total. The van der Waals surface area contributed by atoms with Gasteiger partial charge in [-0.1, -0.05) is 6.42 Å². The molecule has 0 radical (unpaired) electrons. The lowest BCUT2D eigenvalue weighted by Gasteiger charge is -2.26. The molecule has 3 aliphatic rings. The van der Waals surface area contributed by atoms with E-state index in [1.54, 1.807) is 0 Å². The number of carbonyl (C=O) groups excluding carboxylic acids is 1. The summed E-state index contributed by atoms with van der Waals surface area (Å²) in [6, 6.07) is 1.11. The van der Waals surface area contributed by atoms with Crippen molar-refractivity contribution in [3.05, 3.63) is 0 Å². The van der Waals surface area contributed by atoms with Crippen LogP contribution < -0.4 is 10.6 Å². The van der Waals surface area contributed by atoms with E-state index in [0.717, 1.165) is 19.4 Å². The zero-order chi connectivity index (χ0) is 11.7. The second-order valence-electron chi connectivity index (χ2n) is 5.65. The average molecular weight is 237 g/mol. The monoisotopic (exact) mass is 237 g/mol. The first kappa shape index (κ1) is 11.5. The quantitative estimate of drug-likeness (QED) is 0.734. The first-order valence-corrected chi connectivity index (χ1v) is 7.12. The minimum Gasteiger partial charge on any atom is -0.350 e. The molecule has 4 heteroatoms. The van der Waals surface area contributed by atoms with Crippen LogP contribution in [-0.2, 0) is 4.79 Å². The number of nitrogens with one attached hydrogen (secondary N) is 2. The fourth-order valence-electron chi connectivity index (χ4n) is 3.61. The van der Waals surface area contributed by atoms with E-state index in [4.69, 9.17) is 0 Å². The number of hydrogen-bond donors (Lipinski definition) is 2. The Hall–Kier alpha value is -0.610. The van der Waals surface area contributed by atoms with Crippen molar-refractivity contribution in [2.24, 2.45) is 0 Å². The van der Waals surface area contributed by atoms with Crippen LogP contribution in [0.15, 0.2) is 0 Å². The molecule has 1 amide bonds. The SMILES string of the molecule is O=C(NC1CCN2CCCC12)C1CCCCN1. The van der Waals surface area contributed by atoms with Crippen LogP contribution in [0.5, 0.6) is 0 Å². The Morgan fingerprint density at radius 1 is 1.12 bits per heavy atom. The van der Waals surface area contributed by atoms with E-state index in [1.165, 1.54) is 38.8 Å². The van der Waals surface area contributed by atoms with Gasteiger partial charge < -0.3 is 10.6 Å². The van der Waals surface area contributed by atoms with E-state index >= 15 is 0 Å². The Labute approximate surface area is 103 Å². The molecule has 0 aliphatic carbocycles. The Balaban J connectivity index is 1.54. The Bertz CT molecular complexity index is 288. The molecule has 17 heavy (non-hydrogen) atoms. The van der Waals surface area contributed by atoms with Crippen molar-refractivity contribution in [3.63, 3.8) is 0 Å². The summed E-state index contributed by atoms with van der Waals surface area (Å²) in [5, 5.41) is 6.60. The molecule has 0 aromatic rings. The molecule has 3 saturated heterocycles. The number of fused-ring (bicyclic) bond motifs is 1. The third kappa shape index (κ3) is 2.33. The summed E-state index contributed by atoms with van der Waals surface area (Å²) in [5.41, 5.74) is 0. The van der Waals surface area contributed by atoms with Gasteiger partial charge in [-0.2, -0.15) is 0 Å². The minimum atomic E-state index is 0.0687. The molecule has 0 aromatic heterocycles. The topological polar surface area (TPSA) is 44.4 Å². The lowest BCUT2D eigenvalue weighted by Crippen LogP contribution is -2.51. The van der Waals surface area contributed by atoms with Crippen LogP contribution in [0.3, 0.4) is 0 Å². The highest BCUT2D eigenvalue weighted by atomic mass is 16.2. The van der Waals surface area contributed by atoms with Crippen LogP contribution >= 0.6 is 0 Å². The number of nitrogens with zero attached hydrogens (tertiary/aromatic N) is 1. The van der Waals surface area contributed by atoms with Gasteiger partial charge in [-0.15, -0.1) is 0 Å². The van der Waals surface area contributed by atoms with Crippen molar-refractivity contribution < 1.29 is 4.79 Å². The predicted octanol–water partition coefficient (Wildman–Crippen LogP) is 0.481. The number of piperidine rings is 1. The van der Waals surface area contributed by atoms with E-state index in [2.05, 4.69) is 15.5 Å². The number of hydrogen-bond acceptors (Lipinski definition) is 3. The molecule has 3 fully saturated rings. The van der Waals surface area contributed by atoms with Gasteiger partial charge in [0.1, 0.15) is 0 Å². The van der Waals surface area contributed by atoms with Crippen molar-refractivity contribution >= 4 is 5.91 Å². The predicted molar refractivity (Wildman–Crippen MR) is 66.8 cm³/mol. The summed E-state index contributed by atoms with van der Waals surface area (Å²) in [6.07, 6.45) is 7.12. The van der Waals surface area contributed by atoms with E-state index in [-0.39, 0.29) is 11.9 Å². The third-order valence-corrected chi connectivity index (χ3v) is 4.56. The van der Waals surface area contributed by atoms with Gasteiger partial charge in [-0.25, -0.2) is 0 Å². The Morgan fingerprint density at radius 2 is 2.06 bits per heavy atom. The maximum absolute atomic E-state index is 12.2.